The standard InChI is InChI=1S/C21H24N2O4S/c1-14(2)22-19(24)13-28-18-12-8-7-11-17(18)21(26)27-15(3)20(25)23-16-9-5-4-6-10-16/h4-12,14-15H,13H2,1-3H3,(H,22,24)(H,23,25)/t15-/m1/s1. The zero-order valence-corrected chi connectivity index (χ0v) is 16.9. The molecular weight excluding hydrogens is 376 g/mol. The molecule has 0 heterocycles. The second-order valence-corrected chi connectivity index (χ2v) is 7.43. The van der Waals surface area contributed by atoms with Crippen molar-refractivity contribution in [1.29, 1.82) is 0 Å². The molecule has 0 spiro atoms. The van der Waals surface area contributed by atoms with Crippen LogP contribution in [0.3, 0.4) is 0 Å². The maximum atomic E-state index is 12.5. The van der Waals surface area contributed by atoms with E-state index in [1.54, 1.807) is 48.5 Å². The maximum Gasteiger partial charge on any atom is 0.340 e. The summed E-state index contributed by atoms with van der Waals surface area (Å²) in [5.41, 5.74) is 0.951. The van der Waals surface area contributed by atoms with E-state index >= 15 is 0 Å². The van der Waals surface area contributed by atoms with Crippen LogP contribution in [0.25, 0.3) is 0 Å². The van der Waals surface area contributed by atoms with Crippen LogP contribution >= 0.6 is 11.8 Å². The first kappa shape index (κ1) is 21.5. The fourth-order valence-electron chi connectivity index (χ4n) is 2.31. The summed E-state index contributed by atoms with van der Waals surface area (Å²) in [4.78, 5) is 37.2. The van der Waals surface area contributed by atoms with Gasteiger partial charge < -0.3 is 15.4 Å². The van der Waals surface area contributed by atoms with Crippen molar-refractivity contribution in [3.05, 3.63) is 60.2 Å². The first-order valence-electron chi connectivity index (χ1n) is 8.95. The molecule has 2 rings (SSSR count). The van der Waals surface area contributed by atoms with Crippen molar-refractivity contribution in [2.45, 2.75) is 37.8 Å². The molecule has 0 unspecified atom stereocenters. The fourth-order valence-corrected chi connectivity index (χ4v) is 3.16. The number of anilines is 1. The predicted molar refractivity (Wildman–Crippen MR) is 110 cm³/mol. The van der Waals surface area contributed by atoms with E-state index in [2.05, 4.69) is 10.6 Å². The smallest absolute Gasteiger partial charge is 0.340 e. The molecule has 7 heteroatoms. The average Bonchev–Trinajstić information content (AvgIpc) is 2.66. The van der Waals surface area contributed by atoms with Gasteiger partial charge in [0.25, 0.3) is 5.91 Å². The zero-order chi connectivity index (χ0) is 20.5. The lowest BCUT2D eigenvalue weighted by molar-refractivity contribution is -0.123. The molecular formula is C21H24N2O4S. The van der Waals surface area contributed by atoms with Crippen molar-refractivity contribution in [3.63, 3.8) is 0 Å². The molecule has 0 radical (unpaired) electrons. The first-order chi connectivity index (χ1) is 13.4. The number of para-hydroxylation sites is 1. The van der Waals surface area contributed by atoms with Crippen molar-refractivity contribution < 1.29 is 19.1 Å². The Morgan fingerprint density at radius 1 is 0.964 bits per heavy atom. The Labute approximate surface area is 169 Å². The fraction of sp³-hybridized carbons (Fsp3) is 0.286. The molecule has 0 aromatic heterocycles. The van der Waals surface area contributed by atoms with E-state index < -0.39 is 18.0 Å². The Morgan fingerprint density at radius 3 is 2.29 bits per heavy atom. The molecule has 148 valence electrons. The Morgan fingerprint density at radius 2 is 1.61 bits per heavy atom. The molecule has 2 amide bonds. The number of carbonyl (C=O) groups is 3. The van der Waals surface area contributed by atoms with Gasteiger partial charge >= 0.3 is 5.97 Å². The lowest BCUT2D eigenvalue weighted by atomic mass is 10.2. The van der Waals surface area contributed by atoms with Gasteiger partial charge in [-0.05, 0) is 45.0 Å². The highest BCUT2D eigenvalue weighted by molar-refractivity contribution is 8.00. The number of hydrogen-bond acceptors (Lipinski definition) is 5. The van der Waals surface area contributed by atoms with Crippen LogP contribution in [0, 0.1) is 0 Å². The summed E-state index contributed by atoms with van der Waals surface area (Å²) < 4.78 is 5.32. The van der Waals surface area contributed by atoms with Gasteiger partial charge in [0.1, 0.15) is 0 Å². The van der Waals surface area contributed by atoms with Gasteiger partial charge in [-0.2, -0.15) is 0 Å². The van der Waals surface area contributed by atoms with E-state index in [0.717, 1.165) is 0 Å². The summed E-state index contributed by atoms with van der Waals surface area (Å²) in [7, 11) is 0. The Hall–Kier alpha value is -2.80. The second-order valence-electron chi connectivity index (χ2n) is 6.41. The quantitative estimate of drug-likeness (QED) is 0.523. The van der Waals surface area contributed by atoms with Gasteiger partial charge in [-0.3, -0.25) is 9.59 Å². The largest absolute Gasteiger partial charge is 0.449 e. The van der Waals surface area contributed by atoms with Crippen LogP contribution < -0.4 is 10.6 Å². The van der Waals surface area contributed by atoms with Gasteiger partial charge in [-0.25, -0.2) is 4.79 Å². The number of benzene rings is 2. The predicted octanol–water partition coefficient (Wildman–Crippen LogP) is 3.49. The molecule has 1 atom stereocenters. The van der Waals surface area contributed by atoms with Gasteiger partial charge in [-0.1, -0.05) is 30.3 Å². The second kappa shape index (κ2) is 10.5. The summed E-state index contributed by atoms with van der Waals surface area (Å²) in [6.45, 7) is 5.29. The van der Waals surface area contributed by atoms with E-state index in [0.29, 0.717) is 16.1 Å². The van der Waals surface area contributed by atoms with E-state index in [1.807, 2.05) is 19.9 Å². The third-order valence-corrected chi connectivity index (χ3v) is 4.68. The molecule has 0 bridgehead atoms. The van der Waals surface area contributed by atoms with Crippen molar-refractivity contribution in [2.75, 3.05) is 11.1 Å². The molecule has 0 saturated carbocycles. The topological polar surface area (TPSA) is 84.5 Å². The SMILES string of the molecule is CC(C)NC(=O)CSc1ccccc1C(=O)O[C@H](C)C(=O)Nc1ccccc1. The van der Waals surface area contributed by atoms with Gasteiger partial charge in [0, 0.05) is 16.6 Å². The van der Waals surface area contributed by atoms with E-state index in [1.165, 1.54) is 18.7 Å². The highest BCUT2D eigenvalue weighted by Crippen LogP contribution is 2.23. The van der Waals surface area contributed by atoms with Crippen LogP contribution in [0.5, 0.6) is 0 Å². The first-order valence-corrected chi connectivity index (χ1v) is 9.93. The Balaban J connectivity index is 1.97. The van der Waals surface area contributed by atoms with Gasteiger partial charge in [0.05, 0.1) is 11.3 Å². The summed E-state index contributed by atoms with van der Waals surface area (Å²) in [6.07, 6.45) is -0.963. The number of rotatable bonds is 8. The van der Waals surface area contributed by atoms with Gasteiger partial charge in [-0.15, -0.1) is 11.8 Å². The average molecular weight is 401 g/mol. The number of esters is 1. The molecule has 0 saturated heterocycles. The minimum absolute atomic E-state index is 0.0530. The van der Waals surface area contributed by atoms with Crippen LogP contribution in [0.15, 0.2) is 59.5 Å². The molecule has 0 aliphatic rings. The Bertz CT molecular complexity index is 824. The summed E-state index contributed by atoms with van der Waals surface area (Å²) >= 11 is 1.25. The van der Waals surface area contributed by atoms with E-state index in [4.69, 9.17) is 4.74 Å². The molecule has 28 heavy (non-hydrogen) atoms. The zero-order valence-electron chi connectivity index (χ0n) is 16.1. The number of nitrogens with one attached hydrogen (secondary N) is 2. The van der Waals surface area contributed by atoms with Gasteiger partial charge in [0.2, 0.25) is 5.91 Å². The monoisotopic (exact) mass is 400 g/mol. The molecule has 2 aromatic rings. The molecule has 2 N–H and O–H groups in total. The molecule has 0 fully saturated rings. The van der Waals surface area contributed by atoms with Crippen LogP contribution in [-0.2, 0) is 14.3 Å². The highest BCUT2D eigenvalue weighted by atomic mass is 32.2. The molecule has 6 nitrogen and oxygen atoms in total. The minimum atomic E-state index is -0.963. The number of thioether (sulfide) groups is 1. The number of amides is 2. The number of hydrogen-bond donors (Lipinski definition) is 2. The summed E-state index contributed by atoms with van der Waals surface area (Å²) in [6, 6.07) is 15.9. The van der Waals surface area contributed by atoms with Gasteiger partial charge in [0.15, 0.2) is 6.10 Å². The maximum absolute atomic E-state index is 12.5. The summed E-state index contributed by atoms with van der Waals surface area (Å²) in [5.74, 6) is -0.949. The van der Waals surface area contributed by atoms with Crippen LogP contribution in [0.1, 0.15) is 31.1 Å². The van der Waals surface area contributed by atoms with Crippen molar-refractivity contribution in [3.8, 4) is 0 Å². The molecule has 0 aliphatic heterocycles. The van der Waals surface area contributed by atoms with Crippen LogP contribution in [-0.4, -0.2) is 35.7 Å². The lowest BCUT2D eigenvalue weighted by Gasteiger charge is -2.15. The lowest BCUT2D eigenvalue weighted by Crippen LogP contribution is -2.31. The van der Waals surface area contributed by atoms with Crippen LogP contribution in [0.2, 0.25) is 0 Å². The van der Waals surface area contributed by atoms with E-state index in [9.17, 15) is 14.4 Å². The van der Waals surface area contributed by atoms with Crippen molar-refractivity contribution in [2.24, 2.45) is 0 Å². The Kier molecular flexibility index (Phi) is 8.07. The number of carbonyl (C=O) groups excluding carboxylic acids is 3. The number of ether oxygens (including phenoxy) is 1. The highest BCUT2D eigenvalue weighted by Gasteiger charge is 2.21. The van der Waals surface area contributed by atoms with E-state index in [-0.39, 0.29) is 17.7 Å². The van der Waals surface area contributed by atoms with Crippen molar-refractivity contribution >= 4 is 35.2 Å². The normalized spacial score (nSPS) is 11.6. The molecule has 2 aromatic carbocycles. The summed E-state index contributed by atoms with van der Waals surface area (Å²) in [5, 5.41) is 5.50. The third kappa shape index (κ3) is 6.74. The van der Waals surface area contributed by atoms with Crippen molar-refractivity contribution in [1.82, 2.24) is 5.32 Å². The third-order valence-electron chi connectivity index (χ3n) is 3.61. The molecule has 0 aliphatic carbocycles. The minimum Gasteiger partial charge on any atom is -0.449 e. The van der Waals surface area contributed by atoms with Crippen LogP contribution in [0.4, 0.5) is 5.69 Å².